The number of methoxy groups -OCH3 is 1. The minimum atomic E-state index is 0.609. The fraction of sp³-hybridized carbons (Fsp3) is 0.231. The summed E-state index contributed by atoms with van der Waals surface area (Å²) in [5.74, 6) is 7.58. The van der Waals surface area contributed by atoms with Crippen molar-refractivity contribution in [3.63, 3.8) is 0 Å². The van der Waals surface area contributed by atoms with Crippen molar-refractivity contribution in [1.29, 1.82) is 0 Å². The predicted octanol–water partition coefficient (Wildman–Crippen LogP) is 1.69. The van der Waals surface area contributed by atoms with Gasteiger partial charge < -0.3 is 15.5 Å². The smallest absolute Gasteiger partial charge is 0.148 e. The molecule has 0 aliphatic heterocycles. The molecule has 0 aliphatic carbocycles. The van der Waals surface area contributed by atoms with Crippen LogP contribution < -0.4 is 21.3 Å². The van der Waals surface area contributed by atoms with Crippen LogP contribution in [0.5, 0.6) is 5.75 Å². The maximum atomic E-state index is 5.38. The Morgan fingerprint density at radius 2 is 1.95 bits per heavy atom. The van der Waals surface area contributed by atoms with Crippen LogP contribution in [-0.2, 0) is 6.54 Å². The Hall–Kier alpha value is -2.34. The zero-order valence-electron chi connectivity index (χ0n) is 11.0. The van der Waals surface area contributed by atoms with Gasteiger partial charge in [-0.05, 0) is 13.0 Å². The zero-order valence-corrected chi connectivity index (χ0v) is 11.0. The van der Waals surface area contributed by atoms with Gasteiger partial charge in [0.1, 0.15) is 23.7 Å². The quantitative estimate of drug-likeness (QED) is 0.559. The third-order valence-corrected chi connectivity index (χ3v) is 2.86. The Morgan fingerprint density at radius 1 is 1.21 bits per heavy atom. The molecule has 0 amide bonds. The molecule has 2 aromatic rings. The molecule has 4 N–H and O–H groups in total. The van der Waals surface area contributed by atoms with Crippen LogP contribution >= 0.6 is 0 Å². The number of aromatic nitrogens is 2. The minimum Gasteiger partial charge on any atom is -0.496 e. The summed E-state index contributed by atoms with van der Waals surface area (Å²) >= 11 is 0. The number of hydrogen-bond acceptors (Lipinski definition) is 6. The van der Waals surface area contributed by atoms with E-state index >= 15 is 0 Å². The molecule has 100 valence electrons. The van der Waals surface area contributed by atoms with Crippen LogP contribution in [-0.4, -0.2) is 17.1 Å². The van der Waals surface area contributed by atoms with Gasteiger partial charge in [0.05, 0.1) is 7.11 Å². The highest BCUT2D eigenvalue weighted by Crippen LogP contribution is 2.21. The summed E-state index contributed by atoms with van der Waals surface area (Å²) in [4.78, 5) is 8.23. The molecule has 0 radical (unpaired) electrons. The Kier molecular flexibility index (Phi) is 4.15. The fourth-order valence-electron chi connectivity index (χ4n) is 1.80. The van der Waals surface area contributed by atoms with E-state index in [9.17, 15) is 0 Å². The molecule has 6 nitrogen and oxygen atoms in total. The van der Waals surface area contributed by atoms with Crippen LogP contribution in [0.3, 0.4) is 0 Å². The molecule has 0 unspecified atom stereocenters. The third kappa shape index (κ3) is 2.92. The van der Waals surface area contributed by atoms with Gasteiger partial charge in [-0.25, -0.2) is 15.8 Å². The fourth-order valence-corrected chi connectivity index (χ4v) is 1.80. The van der Waals surface area contributed by atoms with Gasteiger partial charge in [-0.15, -0.1) is 0 Å². The SMILES string of the molecule is COc1ccccc1CNc1ncnc(NN)c1C. The van der Waals surface area contributed by atoms with Gasteiger partial charge in [-0.1, -0.05) is 18.2 Å². The molecule has 0 atom stereocenters. The molecule has 0 spiro atoms. The molecule has 6 heteroatoms. The second-order valence-corrected chi connectivity index (χ2v) is 4.01. The van der Waals surface area contributed by atoms with Crippen molar-refractivity contribution < 1.29 is 4.74 Å². The number of para-hydroxylation sites is 1. The standard InChI is InChI=1S/C13H17N5O/c1-9-12(16-8-17-13(9)18-14)15-7-10-5-3-4-6-11(10)19-2/h3-6,8H,7,14H2,1-2H3,(H2,15,16,17,18). The number of nitrogens with one attached hydrogen (secondary N) is 2. The van der Waals surface area contributed by atoms with Gasteiger partial charge in [-0.3, -0.25) is 0 Å². The van der Waals surface area contributed by atoms with Gasteiger partial charge in [0, 0.05) is 17.7 Å². The molecular formula is C13H17N5O. The lowest BCUT2D eigenvalue weighted by Gasteiger charge is -2.12. The largest absolute Gasteiger partial charge is 0.496 e. The second-order valence-electron chi connectivity index (χ2n) is 4.01. The predicted molar refractivity (Wildman–Crippen MR) is 74.9 cm³/mol. The molecule has 0 aliphatic rings. The van der Waals surface area contributed by atoms with E-state index in [1.807, 2.05) is 31.2 Å². The lowest BCUT2D eigenvalue weighted by atomic mass is 10.2. The van der Waals surface area contributed by atoms with Crippen molar-refractivity contribution in [2.45, 2.75) is 13.5 Å². The van der Waals surface area contributed by atoms with E-state index in [-0.39, 0.29) is 0 Å². The van der Waals surface area contributed by atoms with Crippen molar-refractivity contribution in [1.82, 2.24) is 9.97 Å². The van der Waals surface area contributed by atoms with Crippen molar-refractivity contribution in [2.24, 2.45) is 5.84 Å². The maximum Gasteiger partial charge on any atom is 0.148 e. The monoisotopic (exact) mass is 259 g/mol. The van der Waals surface area contributed by atoms with Crippen LogP contribution in [0.15, 0.2) is 30.6 Å². The van der Waals surface area contributed by atoms with Crippen molar-refractivity contribution >= 4 is 11.6 Å². The Morgan fingerprint density at radius 3 is 2.68 bits per heavy atom. The van der Waals surface area contributed by atoms with Crippen LogP contribution in [0.4, 0.5) is 11.6 Å². The van der Waals surface area contributed by atoms with Crippen LogP contribution in [0.2, 0.25) is 0 Å². The average Bonchev–Trinajstić information content (AvgIpc) is 2.46. The first-order valence-corrected chi connectivity index (χ1v) is 5.90. The summed E-state index contributed by atoms with van der Waals surface area (Å²) < 4.78 is 5.30. The number of anilines is 2. The maximum absolute atomic E-state index is 5.38. The molecule has 0 saturated heterocycles. The summed E-state index contributed by atoms with van der Waals surface area (Å²) in [6.45, 7) is 2.52. The third-order valence-electron chi connectivity index (χ3n) is 2.86. The minimum absolute atomic E-state index is 0.609. The van der Waals surface area contributed by atoms with Crippen LogP contribution in [0.1, 0.15) is 11.1 Å². The number of rotatable bonds is 5. The first kappa shape index (κ1) is 13.1. The zero-order chi connectivity index (χ0) is 13.7. The number of nitrogen functional groups attached to an aromatic ring is 1. The van der Waals surface area contributed by atoms with E-state index in [1.165, 1.54) is 6.33 Å². The summed E-state index contributed by atoms with van der Waals surface area (Å²) in [5, 5.41) is 3.25. The Balaban J connectivity index is 2.15. The van der Waals surface area contributed by atoms with E-state index in [2.05, 4.69) is 20.7 Å². The number of hydrazine groups is 1. The molecule has 19 heavy (non-hydrogen) atoms. The lowest BCUT2D eigenvalue weighted by Crippen LogP contribution is -2.12. The van der Waals surface area contributed by atoms with Gasteiger partial charge in [0.15, 0.2) is 0 Å². The second kappa shape index (κ2) is 6.01. The van der Waals surface area contributed by atoms with Crippen molar-refractivity contribution in [2.75, 3.05) is 17.9 Å². The average molecular weight is 259 g/mol. The number of benzene rings is 1. The topological polar surface area (TPSA) is 85.1 Å². The number of ether oxygens (including phenoxy) is 1. The van der Waals surface area contributed by atoms with Gasteiger partial charge >= 0.3 is 0 Å². The summed E-state index contributed by atoms with van der Waals surface area (Å²) in [7, 11) is 1.66. The first-order chi connectivity index (χ1) is 9.26. The van der Waals surface area contributed by atoms with Crippen molar-refractivity contribution in [3.8, 4) is 5.75 Å². The van der Waals surface area contributed by atoms with Crippen LogP contribution in [0, 0.1) is 6.92 Å². The highest BCUT2D eigenvalue weighted by Gasteiger charge is 2.07. The molecular weight excluding hydrogens is 242 g/mol. The van der Waals surface area contributed by atoms with E-state index in [1.54, 1.807) is 7.11 Å². The normalized spacial score (nSPS) is 10.1. The number of nitrogens with zero attached hydrogens (tertiary/aromatic N) is 2. The van der Waals surface area contributed by atoms with Crippen molar-refractivity contribution in [3.05, 3.63) is 41.7 Å². The molecule has 0 fully saturated rings. The summed E-state index contributed by atoms with van der Waals surface area (Å²) in [6.07, 6.45) is 1.47. The highest BCUT2D eigenvalue weighted by molar-refractivity contribution is 5.56. The van der Waals surface area contributed by atoms with Crippen LogP contribution in [0.25, 0.3) is 0 Å². The molecule has 1 aromatic heterocycles. The lowest BCUT2D eigenvalue weighted by molar-refractivity contribution is 0.410. The van der Waals surface area contributed by atoms with E-state index in [0.29, 0.717) is 12.4 Å². The van der Waals surface area contributed by atoms with Gasteiger partial charge in [-0.2, -0.15) is 0 Å². The summed E-state index contributed by atoms with van der Waals surface area (Å²) in [5.41, 5.74) is 4.48. The molecule has 0 saturated carbocycles. The first-order valence-electron chi connectivity index (χ1n) is 5.90. The molecule has 1 aromatic carbocycles. The van der Waals surface area contributed by atoms with Gasteiger partial charge in [0.2, 0.25) is 0 Å². The van der Waals surface area contributed by atoms with Gasteiger partial charge in [0.25, 0.3) is 0 Å². The molecule has 2 rings (SSSR count). The Labute approximate surface area is 112 Å². The van der Waals surface area contributed by atoms with E-state index < -0.39 is 0 Å². The summed E-state index contributed by atoms with van der Waals surface area (Å²) in [6, 6.07) is 7.84. The Bertz CT molecular complexity index is 558. The highest BCUT2D eigenvalue weighted by atomic mass is 16.5. The molecule has 1 heterocycles. The molecule has 0 bridgehead atoms. The van der Waals surface area contributed by atoms with E-state index in [4.69, 9.17) is 10.6 Å². The van der Waals surface area contributed by atoms with E-state index in [0.717, 1.165) is 22.7 Å². The number of hydrogen-bond donors (Lipinski definition) is 3. The number of nitrogens with two attached hydrogens (primary N) is 1.